The van der Waals surface area contributed by atoms with Crippen LogP contribution in [0.3, 0.4) is 0 Å². The standard InChI is InChI=1S/C5H9FN2/c1-5(7)3-4-8(2)6/h3-4,7H,1-2H3/b4-3+,7-5?. The molecule has 0 aromatic heterocycles. The van der Waals surface area contributed by atoms with Gasteiger partial charge in [0.2, 0.25) is 0 Å². The van der Waals surface area contributed by atoms with Gasteiger partial charge in [0.05, 0.1) is 0 Å². The second-order valence-corrected chi connectivity index (χ2v) is 1.52. The topological polar surface area (TPSA) is 27.1 Å². The normalized spacial score (nSPS) is 9.88. The molecule has 0 unspecified atom stereocenters. The van der Waals surface area contributed by atoms with Crippen LogP contribution in [0.15, 0.2) is 12.3 Å². The molecule has 0 amide bonds. The third kappa shape index (κ3) is 5.14. The molecule has 1 N–H and O–H groups in total. The van der Waals surface area contributed by atoms with Gasteiger partial charge in [-0.25, -0.2) is 5.12 Å². The minimum atomic E-state index is 0.342. The van der Waals surface area contributed by atoms with Gasteiger partial charge in [-0.2, -0.15) is 0 Å². The first-order chi connectivity index (χ1) is 3.63. The van der Waals surface area contributed by atoms with Crippen molar-refractivity contribution in [3.63, 3.8) is 0 Å². The summed E-state index contributed by atoms with van der Waals surface area (Å²) in [4.78, 5) is 0. The van der Waals surface area contributed by atoms with E-state index in [1.807, 2.05) is 0 Å². The quantitative estimate of drug-likeness (QED) is 0.428. The lowest BCUT2D eigenvalue weighted by atomic mass is 10.4. The molecule has 0 aliphatic heterocycles. The Morgan fingerprint density at radius 2 is 2.25 bits per heavy atom. The van der Waals surface area contributed by atoms with Crippen molar-refractivity contribution in [1.82, 2.24) is 5.12 Å². The largest absolute Gasteiger partial charge is 0.306 e. The maximum absolute atomic E-state index is 11.7. The van der Waals surface area contributed by atoms with Crippen molar-refractivity contribution in [2.75, 3.05) is 7.05 Å². The fourth-order valence-corrected chi connectivity index (χ4v) is 0.215. The van der Waals surface area contributed by atoms with Gasteiger partial charge in [-0.3, -0.25) is 0 Å². The summed E-state index contributed by atoms with van der Waals surface area (Å²) in [5.74, 6) is 0. The summed E-state index contributed by atoms with van der Waals surface area (Å²) < 4.78 is 11.7. The molecule has 0 bridgehead atoms. The highest BCUT2D eigenvalue weighted by atomic mass is 19.2. The zero-order chi connectivity index (χ0) is 6.57. The monoisotopic (exact) mass is 116 g/mol. The third-order valence-corrected chi connectivity index (χ3v) is 0.530. The van der Waals surface area contributed by atoms with Crippen molar-refractivity contribution in [2.45, 2.75) is 6.92 Å². The Kier molecular flexibility index (Phi) is 2.84. The lowest BCUT2D eigenvalue weighted by Crippen LogP contribution is -1.94. The average Bonchev–Trinajstić information content (AvgIpc) is 1.61. The SMILES string of the molecule is CC(=N)/C=C/N(C)F. The Labute approximate surface area is 48.1 Å². The predicted molar refractivity (Wildman–Crippen MR) is 31.4 cm³/mol. The Bertz CT molecular complexity index is 107. The summed E-state index contributed by atoms with van der Waals surface area (Å²) in [6.07, 6.45) is 2.56. The number of allylic oxidation sites excluding steroid dienone is 1. The first-order valence-corrected chi connectivity index (χ1v) is 2.25. The van der Waals surface area contributed by atoms with Gasteiger partial charge in [0.25, 0.3) is 0 Å². The highest BCUT2D eigenvalue weighted by molar-refractivity contribution is 5.89. The summed E-state index contributed by atoms with van der Waals surface area (Å²) in [6.45, 7) is 1.58. The van der Waals surface area contributed by atoms with Gasteiger partial charge in [-0.15, -0.1) is 4.48 Å². The Morgan fingerprint density at radius 3 is 2.38 bits per heavy atom. The molecule has 0 rings (SSSR count). The van der Waals surface area contributed by atoms with Crippen LogP contribution in [0.2, 0.25) is 0 Å². The van der Waals surface area contributed by atoms with Crippen LogP contribution >= 0.6 is 0 Å². The highest BCUT2D eigenvalue weighted by Crippen LogP contribution is 1.83. The van der Waals surface area contributed by atoms with Crippen LogP contribution in [0.25, 0.3) is 0 Å². The van der Waals surface area contributed by atoms with E-state index in [1.165, 1.54) is 19.3 Å². The molecule has 0 atom stereocenters. The van der Waals surface area contributed by atoms with Crippen LogP contribution in [-0.4, -0.2) is 17.9 Å². The van der Waals surface area contributed by atoms with Gasteiger partial charge >= 0.3 is 0 Å². The van der Waals surface area contributed by atoms with Crippen LogP contribution in [0, 0.1) is 5.41 Å². The summed E-state index contributed by atoms with van der Waals surface area (Å²) in [5.41, 5.74) is 0.342. The first-order valence-electron chi connectivity index (χ1n) is 2.25. The molecule has 0 heterocycles. The lowest BCUT2D eigenvalue weighted by Gasteiger charge is -1.94. The van der Waals surface area contributed by atoms with Gasteiger partial charge in [-0.05, 0) is 13.0 Å². The summed E-state index contributed by atoms with van der Waals surface area (Å²) in [5, 5.41) is 7.21. The van der Waals surface area contributed by atoms with E-state index in [4.69, 9.17) is 5.41 Å². The zero-order valence-corrected chi connectivity index (χ0v) is 4.98. The molecular weight excluding hydrogens is 107 g/mol. The second kappa shape index (κ2) is 3.18. The molecule has 0 fully saturated rings. The molecule has 8 heavy (non-hydrogen) atoms. The molecule has 0 aromatic rings. The average molecular weight is 116 g/mol. The highest BCUT2D eigenvalue weighted by Gasteiger charge is 1.79. The molecule has 0 saturated carbocycles. The lowest BCUT2D eigenvalue weighted by molar-refractivity contribution is 0.129. The van der Waals surface area contributed by atoms with E-state index in [9.17, 15) is 4.48 Å². The summed E-state index contributed by atoms with van der Waals surface area (Å²) in [7, 11) is 1.26. The van der Waals surface area contributed by atoms with Gasteiger partial charge in [0.15, 0.2) is 0 Å². The smallest absolute Gasteiger partial charge is 0.0387 e. The van der Waals surface area contributed by atoms with Crippen molar-refractivity contribution in [1.29, 1.82) is 5.41 Å². The van der Waals surface area contributed by atoms with Crippen molar-refractivity contribution in [3.05, 3.63) is 12.3 Å². The van der Waals surface area contributed by atoms with Crippen LogP contribution in [-0.2, 0) is 0 Å². The zero-order valence-electron chi connectivity index (χ0n) is 4.98. The van der Waals surface area contributed by atoms with Crippen LogP contribution in [0.1, 0.15) is 6.92 Å². The molecule has 3 heteroatoms. The van der Waals surface area contributed by atoms with E-state index in [0.717, 1.165) is 0 Å². The van der Waals surface area contributed by atoms with E-state index >= 15 is 0 Å². The number of nitrogens with zero attached hydrogens (tertiary/aromatic N) is 1. The maximum atomic E-state index is 11.7. The Morgan fingerprint density at radius 1 is 1.75 bits per heavy atom. The second-order valence-electron chi connectivity index (χ2n) is 1.52. The van der Waals surface area contributed by atoms with Gasteiger partial charge < -0.3 is 5.41 Å². The minimum Gasteiger partial charge on any atom is -0.306 e. The Hall–Kier alpha value is -0.860. The van der Waals surface area contributed by atoms with E-state index in [1.54, 1.807) is 6.92 Å². The number of nitrogens with one attached hydrogen (secondary N) is 1. The molecule has 0 aromatic carbocycles. The van der Waals surface area contributed by atoms with Crippen LogP contribution in [0.4, 0.5) is 4.48 Å². The minimum absolute atomic E-state index is 0.342. The van der Waals surface area contributed by atoms with Gasteiger partial charge in [0.1, 0.15) is 0 Å². The fraction of sp³-hybridized carbons (Fsp3) is 0.400. The molecule has 2 nitrogen and oxygen atoms in total. The fourth-order valence-electron chi connectivity index (χ4n) is 0.215. The molecule has 46 valence electrons. The number of hydrogen-bond donors (Lipinski definition) is 1. The van der Waals surface area contributed by atoms with Crippen LogP contribution < -0.4 is 0 Å². The van der Waals surface area contributed by atoms with Gasteiger partial charge in [-0.1, -0.05) is 0 Å². The van der Waals surface area contributed by atoms with E-state index in [0.29, 0.717) is 10.8 Å². The molecule has 0 saturated heterocycles. The molecule has 0 aliphatic rings. The summed E-state index contributed by atoms with van der Waals surface area (Å²) in [6, 6.07) is 0. The Balaban J connectivity index is 3.50. The molecule has 0 radical (unpaired) electrons. The maximum Gasteiger partial charge on any atom is 0.0387 e. The summed E-state index contributed by atoms with van der Waals surface area (Å²) >= 11 is 0. The first kappa shape index (κ1) is 7.14. The molecular formula is C5H9FN2. The molecule has 0 aliphatic carbocycles. The van der Waals surface area contributed by atoms with E-state index < -0.39 is 0 Å². The predicted octanol–water partition coefficient (Wildman–Crippen LogP) is 1.36. The van der Waals surface area contributed by atoms with Crippen molar-refractivity contribution < 1.29 is 4.48 Å². The third-order valence-electron chi connectivity index (χ3n) is 0.530. The van der Waals surface area contributed by atoms with E-state index in [-0.39, 0.29) is 0 Å². The van der Waals surface area contributed by atoms with Crippen molar-refractivity contribution in [2.24, 2.45) is 0 Å². The van der Waals surface area contributed by atoms with Crippen molar-refractivity contribution >= 4 is 5.71 Å². The molecule has 0 spiro atoms. The number of hydrogen-bond acceptors (Lipinski definition) is 2. The number of rotatable bonds is 2. The van der Waals surface area contributed by atoms with E-state index in [2.05, 4.69) is 0 Å². The van der Waals surface area contributed by atoms with Gasteiger partial charge in [0, 0.05) is 19.0 Å². The van der Waals surface area contributed by atoms with Crippen LogP contribution in [0.5, 0.6) is 0 Å². The number of halogens is 1. The van der Waals surface area contributed by atoms with Crippen molar-refractivity contribution in [3.8, 4) is 0 Å².